The lowest BCUT2D eigenvalue weighted by Gasteiger charge is -2.16. The quantitative estimate of drug-likeness (QED) is 0.514. The molecule has 6 N–H and O–H groups in total. The van der Waals surface area contributed by atoms with Gasteiger partial charge in [0.1, 0.15) is 6.04 Å². The number of benzene rings is 2. The Hall–Kier alpha value is -2.44. The van der Waals surface area contributed by atoms with Crippen LogP contribution in [0.15, 0.2) is 42.5 Å². The Kier molecular flexibility index (Phi) is 6.08. The molecular formula is C17H22N3O3+. The maximum Gasteiger partial charge on any atom is 0.230 e. The molecule has 2 rings (SSSR count). The maximum absolute atomic E-state index is 12.2. The van der Waals surface area contributed by atoms with E-state index in [2.05, 4.69) is 11.1 Å². The Bertz CT molecular complexity index is 682. The summed E-state index contributed by atoms with van der Waals surface area (Å²) < 4.78 is 0. The van der Waals surface area contributed by atoms with E-state index in [0.717, 1.165) is 23.7 Å². The van der Waals surface area contributed by atoms with Crippen LogP contribution in [0.5, 0.6) is 0 Å². The first-order valence-electron chi connectivity index (χ1n) is 7.73. The lowest BCUT2D eigenvalue weighted by molar-refractivity contribution is -0.684. The minimum atomic E-state index is -1.22. The van der Waals surface area contributed by atoms with Crippen LogP contribution < -0.4 is 21.5 Å². The van der Waals surface area contributed by atoms with Gasteiger partial charge in [0.25, 0.3) is 0 Å². The minimum Gasteiger partial charge on any atom is -0.544 e. The van der Waals surface area contributed by atoms with Gasteiger partial charge in [-0.25, -0.2) is 0 Å². The van der Waals surface area contributed by atoms with Gasteiger partial charge in [0.2, 0.25) is 5.91 Å². The smallest absolute Gasteiger partial charge is 0.230 e. The number of aliphatic carboxylic acids is 1. The van der Waals surface area contributed by atoms with Gasteiger partial charge in [-0.05, 0) is 11.5 Å². The molecule has 0 heterocycles. The molecule has 0 saturated heterocycles. The van der Waals surface area contributed by atoms with Gasteiger partial charge in [-0.3, -0.25) is 4.79 Å². The number of carbonyl (C=O) groups is 2. The first-order chi connectivity index (χ1) is 11.1. The normalized spacial score (nSPS) is 12.0. The van der Waals surface area contributed by atoms with Crippen LogP contribution in [-0.4, -0.2) is 31.0 Å². The average Bonchev–Trinajstić information content (AvgIpc) is 2.54. The topological polar surface area (TPSA) is 113 Å². The van der Waals surface area contributed by atoms with Gasteiger partial charge < -0.3 is 26.3 Å². The predicted octanol–water partition coefficient (Wildman–Crippen LogP) is -1.52. The zero-order valence-corrected chi connectivity index (χ0v) is 13.0. The van der Waals surface area contributed by atoms with Gasteiger partial charge in [0.15, 0.2) is 0 Å². The average molecular weight is 316 g/mol. The summed E-state index contributed by atoms with van der Waals surface area (Å²) >= 11 is 0. The van der Waals surface area contributed by atoms with Crippen LogP contribution in [0.4, 0.5) is 5.69 Å². The molecule has 0 saturated carbocycles. The maximum atomic E-state index is 12.2. The van der Waals surface area contributed by atoms with Gasteiger partial charge >= 0.3 is 0 Å². The Balaban J connectivity index is 2.03. The minimum absolute atomic E-state index is 0.122. The molecule has 1 atom stereocenters. The number of hydrogen-bond acceptors (Lipinski definition) is 3. The molecule has 0 aliphatic heterocycles. The van der Waals surface area contributed by atoms with E-state index in [1.54, 1.807) is 11.4 Å². The number of nitrogens with two attached hydrogens (primary N) is 1. The number of quaternary nitrogens is 2. The molecule has 6 nitrogen and oxygen atoms in total. The van der Waals surface area contributed by atoms with Gasteiger partial charge in [0, 0.05) is 17.5 Å². The molecule has 0 aromatic heterocycles. The summed E-state index contributed by atoms with van der Waals surface area (Å²) in [4.78, 5) is 23.3. The molecule has 0 aliphatic rings. The van der Waals surface area contributed by atoms with E-state index in [0.29, 0.717) is 12.2 Å². The van der Waals surface area contributed by atoms with Crippen molar-refractivity contribution in [3.63, 3.8) is 0 Å². The number of carboxylic acid groups (broad SMARTS) is 1. The third-order valence-corrected chi connectivity index (χ3v) is 3.68. The summed E-state index contributed by atoms with van der Waals surface area (Å²) in [6, 6.07) is 12.4. The van der Waals surface area contributed by atoms with Gasteiger partial charge in [-0.1, -0.05) is 36.4 Å². The van der Waals surface area contributed by atoms with Crippen LogP contribution in [0.1, 0.15) is 12.8 Å². The first-order valence-corrected chi connectivity index (χ1v) is 7.73. The number of hydrogen-bond donors (Lipinski definition) is 3. The fourth-order valence-corrected chi connectivity index (χ4v) is 2.46. The predicted molar refractivity (Wildman–Crippen MR) is 85.2 cm³/mol. The fourth-order valence-electron chi connectivity index (χ4n) is 2.46. The van der Waals surface area contributed by atoms with Crippen LogP contribution in [0.2, 0.25) is 0 Å². The van der Waals surface area contributed by atoms with E-state index in [1.807, 2.05) is 36.4 Å². The van der Waals surface area contributed by atoms with Crippen molar-refractivity contribution in [3.8, 4) is 0 Å². The van der Waals surface area contributed by atoms with E-state index in [-0.39, 0.29) is 12.3 Å². The summed E-state index contributed by atoms with van der Waals surface area (Å²) in [6.07, 6.45) is 0.678. The monoisotopic (exact) mass is 316 g/mol. The summed E-state index contributed by atoms with van der Waals surface area (Å²) in [5, 5.41) is 17.5. The van der Waals surface area contributed by atoms with Crippen molar-refractivity contribution in [2.45, 2.75) is 18.9 Å². The molecule has 0 spiro atoms. The van der Waals surface area contributed by atoms with Crippen molar-refractivity contribution in [2.24, 2.45) is 0 Å². The number of carboxylic acids is 1. The number of rotatable bonds is 8. The second-order valence-electron chi connectivity index (χ2n) is 5.44. The van der Waals surface area contributed by atoms with Crippen molar-refractivity contribution < 1.29 is 25.7 Å². The largest absolute Gasteiger partial charge is 0.544 e. The molecule has 0 radical (unpaired) electrons. The Morgan fingerprint density at radius 3 is 2.65 bits per heavy atom. The molecule has 122 valence electrons. The van der Waals surface area contributed by atoms with E-state index in [9.17, 15) is 14.7 Å². The van der Waals surface area contributed by atoms with Crippen LogP contribution in [0, 0.1) is 0 Å². The second kappa shape index (κ2) is 8.26. The summed E-state index contributed by atoms with van der Waals surface area (Å²) in [5.74, 6) is -1.55. The highest BCUT2D eigenvalue weighted by Crippen LogP contribution is 2.22. The molecule has 6 heteroatoms. The van der Waals surface area contributed by atoms with Crippen LogP contribution >= 0.6 is 0 Å². The van der Waals surface area contributed by atoms with Crippen LogP contribution in [-0.2, 0) is 9.59 Å². The summed E-state index contributed by atoms with van der Waals surface area (Å²) in [6.45, 7) is 1.35. The molecule has 1 amide bonds. The Morgan fingerprint density at radius 1 is 1.17 bits per heavy atom. The first kappa shape index (κ1) is 16.9. The van der Waals surface area contributed by atoms with Crippen molar-refractivity contribution in [2.75, 3.05) is 18.4 Å². The number of amides is 1. The molecular weight excluding hydrogens is 294 g/mol. The second-order valence-corrected chi connectivity index (χ2v) is 5.44. The molecule has 2 aromatic carbocycles. The fraction of sp³-hybridized carbons (Fsp3) is 0.294. The van der Waals surface area contributed by atoms with Crippen molar-refractivity contribution in [3.05, 3.63) is 42.5 Å². The molecule has 23 heavy (non-hydrogen) atoms. The molecule has 0 unspecified atom stereocenters. The number of anilines is 1. The summed E-state index contributed by atoms with van der Waals surface area (Å²) in [5.41, 5.74) is 4.39. The molecule has 0 aliphatic carbocycles. The highest BCUT2D eigenvalue weighted by molar-refractivity contribution is 6.02. The van der Waals surface area contributed by atoms with Crippen LogP contribution in [0.25, 0.3) is 10.8 Å². The lowest BCUT2D eigenvalue weighted by atomic mass is 10.1. The van der Waals surface area contributed by atoms with Gasteiger partial charge in [0.05, 0.1) is 25.5 Å². The molecule has 0 bridgehead atoms. The standard InChI is InChI=1S/C17H21N3O3/c18-9-4-10-19-15(17(22)23)11-16(21)20-14-8-3-6-12-5-1-2-7-13(12)14/h1-3,5-8,15,19H,4,9-11,18H2,(H,20,21)(H,22,23)/p+1/t15-/m1/s1. The number of nitrogens with one attached hydrogen (secondary N) is 1. The van der Waals surface area contributed by atoms with Crippen molar-refractivity contribution in [1.29, 1.82) is 0 Å². The van der Waals surface area contributed by atoms with Crippen LogP contribution in [0.3, 0.4) is 0 Å². The van der Waals surface area contributed by atoms with E-state index < -0.39 is 12.0 Å². The van der Waals surface area contributed by atoms with Crippen molar-refractivity contribution >= 4 is 28.3 Å². The highest BCUT2D eigenvalue weighted by atomic mass is 16.4. The third kappa shape index (κ3) is 4.77. The zero-order chi connectivity index (χ0) is 16.7. The third-order valence-electron chi connectivity index (χ3n) is 3.68. The number of fused-ring (bicyclic) bond motifs is 1. The van der Waals surface area contributed by atoms with Crippen molar-refractivity contribution in [1.82, 2.24) is 0 Å². The zero-order valence-electron chi connectivity index (χ0n) is 13.0. The Morgan fingerprint density at radius 2 is 1.91 bits per heavy atom. The summed E-state index contributed by atoms with van der Waals surface area (Å²) in [7, 11) is 0. The molecule has 2 aromatic rings. The Labute approximate surface area is 134 Å². The van der Waals surface area contributed by atoms with E-state index in [1.165, 1.54) is 0 Å². The van der Waals surface area contributed by atoms with Gasteiger partial charge in [-0.2, -0.15) is 0 Å². The SMILES string of the molecule is [NH3+]CCC[NH2+][C@H](CC(=O)Nc1cccc2ccccc12)C(=O)[O-]. The number of carbonyl (C=O) groups excluding carboxylic acids is 2. The molecule has 0 fully saturated rings. The lowest BCUT2D eigenvalue weighted by Crippen LogP contribution is -2.93. The van der Waals surface area contributed by atoms with Gasteiger partial charge in [-0.15, -0.1) is 0 Å². The highest BCUT2D eigenvalue weighted by Gasteiger charge is 2.18. The van der Waals surface area contributed by atoms with E-state index in [4.69, 9.17) is 0 Å². The van der Waals surface area contributed by atoms with E-state index >= 15 is 0 Å².